The van der Waals surface area contributed by atoms with Gasteiger partial charge in [0.15, 0.2) is 0 Å². The summed E-state index contributed by atoms with van der Waals surface area (Å²) in [6.45, 7) is 1.48. The number of hydrogen-bond donors (Lipinski definition) is 1. The van der Waals surface area contributed by atoms with Crippen LogP contribution in [0.25, 0.3) is 0 Å². The standard InChI is InChI=1S/C11H12FN3O2/c1-7-3-8(5-13)4-10(15-7)14-6-9(12)11(16)17-2/h3-4,9H,6H2,1-2H3,(H,14,15)/t9-/m0/s1. The molecular weight excluding hydrogens is 225 g/mol. The normalized spacial score (nSPS) is 11.4. The van der Waals surface area contributed by atoms with Gasteiger partial charge >= 0.3 is 5.97 Å². The van der Waals surface area contributed by atoms with Crippen molar-refractivity contribution in [1.82, 2.24) is 4.98 Å². The van der Waals surface area contributed by atoms with E-state index >= 15 is 0 Å². The van der Waals surface area contributed by atoms with E-state index < -0.39 is 12.1 Å². The summed E-state index contributed by atoms with van der Waals surface area (Å²) in [4.78, 5) is 14.9. The van der Waals surface area contributed by atoms with E-state index in [2.05, 4.69) is 15.0 Å². The smallest absolute Gasteiger partial charge is 0.342 e. The molecule has 1 aromatic heterocycles. The van der Waals surface area contributed by atoms with Crippen LogP contribution in [-0.4, -0.2) is 30.8 Å². The molecule has 90 valence electrons. The highest BCUT2D eigenvalue weighted by atomic mass is 19.1. The Kier molecular flexibility index (Phi) is 4.40. The lowest BCUT2D eigenvalue weighted by molar-refractivity contribution is -0.145. The number of anilines is 1. The van der Waals surface area contributed by atoms with E-state index in [0.717, 1.165) is 7.11 Å². The van der Waals surface area contributed by atoms with Crippen LogP contribution in [-0.2, 0) is 9.53 Å². The second kappa shape index (κ2) is 5.80. The lowest BCUT2D eigenvalue weighted by Gasteiger charge is -2.09. The number of carbonyl (C=O) groups is 1. The largest absolute Gasteiger partial charge is 0.467 e. The van der Waals surface area contributed by atoms with Gasteiger partial charge in [0.05, 0.1) is 25.3 Å². The topological polar surface area (TPSA) is 75.0 Å². The maximum absolute atomic E-state index is 13.1. The number of nitriles is 1. The second-order valence-electron chi connectivity index (χ2n) is 3.37. The molecular formula is C11H12FN3O2. The average Bonchev–Trinajstić information content (AvgIpc) is 2.34. The Hall–Kier alpha value is -2.16. The zero-order valence-electron chi connectivity index (χ0n) is 9.53. The van der Waals surface area contributed by atoms with Gasteiger partial charge in [-0.3, -0.25) is 0 Å². The van der Waals surface area contributed by atoms with Crippen LogP contribution in [0.2, 0.25) is 0 Å². The molecule has 1 aromatic rings. The van der Waals surface area contributed by atoms with Gasteiger partial charge in [-0.1, -0.05) is 0 Å². The Morgan fingerprint density at radius 1 is 1.71 bits per heavy atom. The molecule has 0 spiro atoms. The minimum Gasteiger partial charge on any atom is -0.467 e. The molecule has 5 nitrogen and oxygen atoms in total. The van der Waals surface area contributed by atoms with Gasteiger partial charge in [0, 0.05) is 5.69 Å². The van der Waals surface area contributed by atoms with Gasteiger partial charge in [-0.05, 0) is 19.1 Å². The molecule has 0 aliphatic heterocycles. The molecule has 0 radical (unpaired) electrons. The van der Waals surface area contributed by atoms with Crippen molar-refractivity contribution < 1.29 is 13.9 Å². The Balaban J connectivity index is 2.67. The highest BCUT2D eigenvalue weighted by molar-refractivity contribution is 5.75. The third-order valence-electron chi connectivity index (χ3n) is 2.00. The maximum Gasteiger partial charge on any atom is 0.342 e. The van der Waals surface area contributed by atoms with Gasteiger partial charge in [0.2, 0.25) is 6.17 Å². The summed E-state index contributed by atoms with van der Waals surface area (Å²) >= 11 is 0. The van der Waals surface area contributed by atoms with Crippen LogP contribution in [0.5, 0.6) is 0 Å². The monoisotopic (exact) mass is 237 g/mol. The van der Waals surface area contributed by atoms with Crippen LogP contribution < -0.4 is 5.32 Å². The first-order valence-electron chi connectivity index (χ1n) is 4.91. The van der Waals surface area contributed by atoms with Crippen LogP contribution in [0.3, 0.4) is 0 Å². The van der Waals surface area contributed by atoms with E-state index in [4.69, 9.17) is 5.26 Å². The number of alkyl halides is 1. The molecule has 0 unspecified atom stereocenters. The summed E-state index contributed by atoms with van der Waals surface area (Å²) in [6, 6.07) is 5.06. The zero-order valence-corrected chi connectivity index (χ0v) is 9.53. The summed E-state index contributed by atoms with van der Waals surface area (Å²) < 4.78 is 17.4. The van der Waals surface area contributed by atoms with Crippen LogP contribution in [0.4, 0.5) is 10.2 Å². The van der Waals surface area contributed by atoms with Gasteiger partial charge in [-0.2, -0.15) is 5.26 Å². The SMILES string of the molecule is COC(=O)[C@@H](F)CNc1cc(C#N)cc(C)n1. The summed E-state index contributed by atoms with van der Waals surface area (Å²) in [5.74, 6) is -0.584. The molecule has 0 fully saturated rings. The fraction of sp³-hybridized carbons (Fsp3) is 0.364. The number of halogens is 1. The first kappa shape index (κ1) is 12.9. The highest BCUT2D eigenvalue weighted by Gasteiger charge is 2.17. The average molecular weight is 237 g/mol. The minimum absolute atomic E-state index is 0.242. The quantitative estimate of drug-likeness (QED) is 0.796. The van der Waals surface area contributed by atoms with Crippen molar-refractivity contribution in [2.24, 2.45) is 0 Å². The highest BCUT2D eigenvalue weighted by Crippen LogP contribution is 2.09. The molecule has 0 amide bonds. The Bertz CT molecular complexity index is 457. The number of pyridine rings is 1. The lowest BCUT2D eigenvalue weighted by Crippen LogP contribution is -2.26. The number of esters is 1. The number of methoxy groups -OCH3 is 1. The van der Waals surface area contributed by atoms with Gasteiger partial charge < -0.3 is 10.1 Å². The Morgan fingerprint density at radius 2 is 2.41 bits per heavy atom. The van der Waals surface area contributed by atoms with Crippen molar-refractivity contribution in [3.05, 3.63) is 23.4 Å². The van der Waals surface area contributed by atoms with Crippen molar-refractivity contribution in [3.63, 3.8) is 0 Å². The molecule has 0 aromatic carbocycles. The molecule has 6 heteroatoms. The third kappa shape index (κ3) is 3.72. The van der Waals surface area contributed by atoms with E-state index in [-0.39, 0.29) is 6.54 Å². The number of nitrogens with one attached hydrogen (secondary N) is 1. The Morgan fingerprint density at radius 3 is 3.00 bits per heavy atom. The molecule has 0 bridgehead atoms. The first-order valence-corrected chi connectivity index (χ1v) is 4.91. The second-order valence-corrected chi connectivity index (χ2v) is 3.37. The van der Waals surface area contributed by atoms with Crippen molar-refractivity contribution in [2.75, 3.05) is 19.0 Å². The van der Waals surface area contributed by atoms with Gasteiger partial charge in [-0.15, -0.1) is 0 Å². The summed E-state index contributed by atoms with van der Waals surface area (Å²) in [6.07, 6.45) is -1.76. The van der Waals surface area contributed by atoms with Crippen LogP contribution in [0.1, 0.15) is 11.3 Å². The number of hydrogen-bond acceptors (Lipinski definition) is 5. The molecule has 0 aliphatic rings. The van der Waals surface area contributed by atoms with E-state index in [9.17, 15) is 9.18 Å². The van der Waals surface area contributed by atoms with Crippen LogP contribution in [0, 0.1) is 18.3 Å². The number of aromatic nitrogens is 1. The summed E-state index contributed by atoms with van der Waals surface area (Å²) in [5, 5.41) is 11.4. The molecule has 1 N–H and O–H groups in total. The van der Waals surface area contributed by atoms with Crippen LogP contribution in [0.15, 0.2) is 12.1 Å². The van der Waals surface area contributed by atoms with Gasteiger partial charge in [0.25, 0.3) is 0 Å². The van der Waals surface area contributed by atoms with Crippen molar-refractivity contribution >= 4 is 11.8 Å². The molecule has 1 rings (SSSR count). The number of nitrogens with zero attached hydrogens (tertiary/aromatic N) is 2. The number of ether oxygens (including phenoxy) is 1. The van der Waals surface area contributed by atoms with Gasteiger partial charge in [0.1, 0.15) is 5.82 Å². The van der Waals surface area contributed by atoms with Crippen molar-refractivity contribution in [2.45, 2.75) is 13.1 Å². The van der Waals surface area contributed by atoms with E-state index in [1.807, 2.05) is 6.07 Å². The third-order valence-corrected chi connectivity index (χ3v) is 2.00. The Labute approximate surface area is 98.2 Å². The van der Waals surface area contributed by atoms with Crippen molar-refractivity contribution in [3.8, 4) is 6.07 Å². The van der Waals surface area contributed by atoms with Gasteiger partial charge in [-0.25, -0.2) is 14.2 Å². The maximum atomic E-state index is 13.1. The molecule has 1 atom stereocenters. The molecule has 0 aliphatic carbocycles. The molecule has 1 heterocycles. The summed E-state index contributed by atoms with van der Waals surface area (Å²) in [7, 11) is 1.12. The van der Waals surface area contributed by atoms with E-state index in [1.54, 1.807) is 13.0 Å². The number of carbonyl (C=O) groups excluding carboxylic acids is 1. The molecule has 17 heavy (non-hydrogen) atoms. The predicted octanol–water partition coefficient (Wildman–Crippen LogP) is 1.18. The minimum atomic E-state index is -1.76. The number of rotatable bonds is 4. The lowest BCUT2D eigenvalue weighted by atomic mass is 10.2. The fourth-order valence-electron chi connectivity index (χ4n) is 1.23. The van der Waals surface area contributed by atoms with Crippen molar-refractivity contribution in [1.29, 1.82) is 5.26 Å². The fourth-order valence-corrected chi connectivity index (χ4v) is 1.23. The zero-order chi connectivity index (χ0) is 12.8. The van der Waals surface area contributed by atoms with E-state index in [1.165, 1.54) is 6.07 Å². The molecule has 0 saturated heterocycles. The van der Waals surface area contributed by atoms with Crippen LogP contribution >= 0.6 is 0 Å². The predicted molar refractivity (Wildman–Crippen MR) is 59.1 cm³/mol. The number of aryl methyl sites for hydroxylation is 1. The summed E-state index contributed by atoms with van der Waals surface area (Å²) in [5.41, 5.74) is 1.06. The first-order chi connectivity index (χ1) is 8.06. The van der Waals surface area contributed by atoms with E-state index in [0.29, 0.717) is 17.1 Å². The molecule has 0 saturated carbocycles.